The standard InChI is InChI=1S/C31H41N7O2/c1-7-31(6)19-36(25-15-20(2)26(21(3)34-25)24(39)16-32)13-14-38(31)29(40)23-17-33-28-27(35-23)30(4,5)18-37(28)22-11-9-8-10-12-22/h15,17,22H,7-14,18-19H2,1-6H3. The number of fused-ring (bicyclic) bond motifs is 1. The van der Waals surface area contributed by atoms with Crippen LogP contribution >= 0.6 is 0 Å². The number of piperazine rings is 1. The number of nitrogens with zero attached hydrogens (tertiary/aromatic N) is 7. The van der Waals surface area contributed by atoms with Crippen LogP contribution in [-0.4, -0.2) is 69.3 Å². The van der Waals surface area contributed by atoms with Crippen molar-refractivity contribution in [2.24, 2.45) is 0 Å². The van der Waals surface area contributed by atoms with Crippen molar-refractivity contribution < 1.29 is 9.59 Å². The molecule has 0 spiro atoms. The van der Waals surface area contributed by atoms with Crippen LogP contribution in [0.4, 0.5) is 11.6 Å². The molecule has 212 valence electrons. The SMILES string of the molecule is CCC1(C)CN(c2cc(C)c(C(=O)C#N)c(C)n2)CCN1C(=O)c1cnc2c(n1)C(C)(C)CN2C1CCCCC1. The summed E-state index contributed by atoms with van der Waals surface area (Å²) in [6, 6.07) is 4.09. The van der Waals surface area contributed by atoms with Gasteiger partial charge in [0, 0.05) is 37.6 Å². The molecule has 0 aromatic carbocycles. The number of pyridine rings is 1. The first-order chi connectivity index (χ1) is 19.0. The number of rotatable bonds is 5. The Balaban J connectivity index is 1.39. The van der Waals surface area contributed by atoms with Gasteiger partial charge in [0.1, 0.15) is 17.6 Å². The van der Waals surface area contributed by atoms with E-state index in [1.165, 1.54) is 32.1 Å². The molecule has 3 aliphatic rings. The van der Waals surface area contributed by atoms with E-state index in [9.17, 15) is 9.59 Å². The monoisotopic (exact) mass is 543 g/mol. The Hall–Kier alpha value is -3.54. The van der Waals surface area contributed by atoms with Gasteiger partial charge in [0.2, 0.25) is 0 Å². The molecule has 40 heavy (non-hydrogen) atoms. The van der Waals surface area contributed by atoms with Crippen LogP contribution in [0.5, 0.6) is 0 Å². The van der Waals surface area contributed by atoms with E-state index in [1.54, 1.807) is 19.2 Å². The first kappa shape index (κ1) is 28.0. The Labute approximate surface area is 237 Å². The molecule has 1 aliphatic carbocycles. The van der Waals surface area contributed by atoms with Gasteiger partial charge >= 0.3 is 0 Å². The molecular weight excluding hydrogens is 502 g/mol. The summed E-state index contributed by atoms with van der Waals surface area (Å²) in [4.78, 5) is 47.1. The van der Waals surface area contributed by atoms with Crippen molar-refractivity contribution in [2.75, 3.05) is 36.0 Å². The molecule has 1 amide bonds. The third-order valence-electron chi connectivity index (χ3n) is 9.29. The lowest BCUT2D eigenvalue weighted by atomic mass is 9.90. The molecule has 2 fully saturated rings. The van der Waals surface area contributed by atoms with Gasteiger partial charge in [0.25, 0.3) is 11.7 Å². The molecule has 1 atom stereocenters. The Morgan fingerprint density at radius 1 is 1.07 bits per heavy atom. The predicted molar refractivity (Wildman–Crippen MR) is 155 cm³/mol. The Bertz CT molecular complexity index is 1350. The van der Waals surface area contributed by atoms with Crippen LogP contribution in [-0.2, 0) is 5.41 Å². The van der Waals surface area contributed by atoms with Gasteiger partial charge in [0.05, 0.1) is 28.7 Å². The number of carbonyl (C=O) groups excluding carboxylic acids is 2. The van der Waals surface area contributed by atoms with Gasteiger partial charge in [-0.25, -0.2) is 15.0 Å². The van der Waals surface area contributed by atoms with Crippen molar-refractivity contribution in [3.63, 3.8) is 0 Å². The van der Waals surface area contributed by atoms with E-state index >= 15 is 0 Å². The fourth-order valence-corrected chi connectivity index (χ4v) is 6.84. The largest absolute Gasteiger partial charge is 0.352 e. The normalized spacial score (nSPS) is 22.7. The van der Waals surface area contributed by atoms with E-state index in [-0.39, 0.29) is 11.3 Å². The minimum atomic E-state index is -0.566. The number of anilines is 2. The highest BCUT2D eigenvalue weighted by molar-refractivity contribution is 6.09. The summed E-state index contributed by atoms with van der Waals surface area (Å²) in [5.74, 6) is 1.06. The van der Waals surface area contributed by atoms with E-state index in [4.69, 9.17) is 15.2 Å². The molecular formula is C31H41N7O2. The minimum absolute atomic E-state index is 0.0819. The number of Topliss-reactive ketones (excluding diaryl/α,β-unsaturated/α-hetero) is 1. The predicted octanol–water partition coefficient (Wildman–Crippen LogP) is 4.76. The zero-order valence-electron chi connectivity index (χ0n) is 24.8. The topological polar surface area (TPSA) is 106 Å². The number of nitriles is 1. The first-order valence-electron chi connectivity index (χ1n) is 14.6. The number of amides is 1. The van der Waals surface area contributed by atoms with Crippen molar-refractivity contribution in [3.05, 3.63) is 40.5 Å². The lowest BCUT2D eigenvalue weighted by molar-refractivity contribution is 0.0450. The minimum Gasteiger partial charge on any atom is -0.352 e. The van der Waals surface area contributed by atoms with Crippen molar-refractivity contribution >= 4 is 23.3 Å². The summed E-state index contributed by atoms with van der Waals surface area (Å²) in [6.45, 7) is 14.9. The van der Waals surface area contributed by atoms with Crippen LogP contribution in [0.25, 0.3) is 0 Å². The molecule has 1 saturated carbocycles. The van der Waals surface area contributed by atoms with Gasteiger partial charge in [0.15, 0.2) is 5.82 Å². The molecule has 2 aliphatic heterocycles. The third-order valence-corrected chi connectivity index (χ3v) is 9.29. The molecule has 1 saturated heterocycles. The number of ketones is 1. The second-order valence-corrected chi connectivity index (χ2v) is 12.7. The number of aromatic nitrogens is 3. The Morgan fingerprint density at radius 3 is 2.45 bits per heavy atom. The second kappa shape index (κ2) is 10.5. The van der Waals surface area contributed by atoms with Crippen molar-refractivity contribution in [2.45, 2.75) is 97.1 Å². The lowest BCUT2D eigenvalue weighted by Gasteiger charge is -2.49. The zero-order valence-corrected chi connectivity index (χ0v) is 24.8. The van der Waals surface area contributed by atoms with Crippen LogP contribution in [0.1, 0.15) is 104 Å². The van der Waals surface area contributed by atoms with Crippen LogP contribution in [0, 0.1) is 25.2 Å². The van der Waals surface area contributed by atoms with Gasteiger partial charge in [-0.2, -0.15) is 5.26 Å². The summed E-state index contributed by atoms with van der Waals surface area (Å²) in [7, 11) is 0. The van der Waals surface area contributed by atoms with Crippen LogP contribution < -0.4 is 9.80 Å². The lowest BCUT2D eigenvalue weighted by Crippen LogP contribution is -2.62. The molecule has 0 N–H and O–H groups in total. The maximum absolute atomic E-state index is 14.0. The highest BCUT2D eigenvalue weighted by Gasteiger charge is 2.44. The quantitative estimate of drug-likeness (QED) is 0.393. The molecule has 1 unspecified atom stereocenters. The average Bonchev–Trinajstić information content (AvgIpc) is 3.22. The van der Waals surface area contributed by atoms with E-state index in [1.807, 2.05) is 17.9 Å². The Morgan fingerprint density at radius 2 is 1.80 bits per heavy atom. The maximum atomic E-state index is 14.0. The zero-order chi connectivity index (χ0) is 28.8. The van der Waals surface area contributed by atoms with Crippen LogP contribution in [0.15, 0.2) is 12.3 Å². The maximum Gasteiger partial charge on any atom is 0.274 e. The van der Waals surface area contributed by atoms with E-state index in [2.05, 4.69) is 42.5 Å². The van der Waals surface area contributed by atoms with Crippen molar-refractivity contribution in [1.82, 2.24) is 19.9 Å². The van der Waals surface area contributed by atoms with Gasteiger partial charge < -0.3 is 14.7 Å². The number of aryl methyl sites for hydroxylation is 2. The van der Waals surface area contributed by atoms with Crippen molar-refractivity contribution in [3.8, 4) is 6.07 Å². The fraction of sp³-hybridized carbons (Fsp3) is 0.613. The highest BCUT2D eigenvalue weighted by atomic mass is 16.2. The summed E-state index contributed by atoms with van der Waals surface area (Å²) < 4.78 is 0. The summed E-state index contributed by atoms with van der Waals surface area (Å²) >= 11 is 0. The number of carbonyl (C=O) groups is 2. The van der Waals surface area contributed by atoms with Gasteiger partial charge in [-0.15, -0.1) is 0 Å². The molecule has 9 heteroatoms. The van der Waals surface area contributed by atoms with Crippen LogP contribution in [0.2, 0.25) is 0 Å². The summed E-state index contributed by atoms with van der Waals surface area (Å²) in [6.07, 6.45) is 8.67. The molecule has 2 aromatic rings. The highest BCUT2D eigenvalue weighted by Crippen LogP contribution is 2.41. The summed E-state index contributed by atoms with van der Waals surface area (Å²) in [5.41, 5.74) is 2.41. The summed E-state index contributed by atoms with van der Waals surface area (Å²) in [5, 5.41) is 9.10. The third kappa shape index (κ3) is 4.82. The molecule has 2 aromatic heterocycles. The van der Waals surface area contributed by atoms with Crippen LogP contribution in [0.3, 0.4) is 0 Å². The first-order valence-corrected chi connectivity index (χ1v) is 14.6. The second-order valence-electron chi connectivity index (χ2n) is 12.7. The molecule has 4 heterocycles. The molecule has 0 bridgehead atoms. The smallest absolute Gasteiger partial charge is 0.274 e. The van der Waals surface area contributed by atoms with E-state index in [0.717, 1.165) is 35.9 Å². The van der Waals surface area contributed by atoms with Gasteiger partial charge in [-0.3, -0.25) is 9.59 Å². The number of hydrogen-bond donors (Lipinski definition) is 0. The van der Waals surface area contributed by atoms with E-state index < -0.39 is 11.3 Å². The van der Waals surface area contributed by atoms with Gasteiger partial charge in [-0.1, -0.05) is 40.0 Å². The molecule has 5 rings (SSSR count). The number of hydrogen-bond acceptors (Lipinski definition) is 8. The van der Waals surface area contributed by atoms with E-state index in [0.29, 0.717) is 42.6 Å². The Kier molecular flexibility index (Phi) is 7.32. The van der Waals surface area contributed by atoms with Gasteiger partial charge in [-0.05, 0) is 51.7 Å². The average molecular weight is 544 g/mol. The molecule has 9 nitrogen and oxygen atoms in total. The molecule has 0 radical (unpaired) electrons. The van der Waals surface area contributed by atoms with Crippen molar-refractivity contribution in [1.29, 1.82) is 5.26 Å². The fourth-order valence-electron chi connectivity index (χ4n) is 6.84.